The predicted molar refractivity (Wildman–Crippen MR) is 111 cm³/mol. The average molecular weight is 396 g/mol. The highest BCUT2D eigenvalue weighted by Gasteiger charge is 2.37. The van der Waals surface area contributed by atoms with Gasteiger partial charge in [-0.2, -0.15) is 0 Å². The van der Waals surface area contributed by atoms with E-state index in [9.17, 15) is 4.79 Å². The van der Waals surface area contributed by atoms with Crippen LogP contribution in [0, 0.1) is 6.92 Å². The summed E-state index contributed by atoms with van der Waals surface area (Å²) in [5, 5.41) is 0. The number of pyridine rings is 1. The SMILES string of the molecule is Cc1ccc(CC(=O)N2CCO[C@@H](CN3CCOCC3)[C@@H]2c2cccnc2)cc1. The largest absolute Gasteiger partial charge is 0.379 e. The summed E-state index contributed by atoms with van der Waals surface area (Å²) in [6.45, 7) is 7.31. The molecule has 0 spiro atoms. The molecule has 6 heteroatoms. The lowest BCUT2D eigenvalue weighted by atomic mass is 9.97. The highest BCUT2D eigenvalue weighted by Crippen LogP contribution is 2.30. The van der Waals surface area contributed by atoms with E-state index in [1.807, 2.05) is 35.4 Å². The van der Waals surface area contributed by atoms with Crippen molar-refractivity contribution in [2.75, 3.05) is 46.0 Å². The van der Waals surface area contributed by atoms with Crippen LogP contribution < -0.4 is 0 Å². The Morgan fingerprint density at radius 2 is 1.90 bits per heavy atom. The number of aryl methyl sites for hydroxylation is 1. The fourth-order valence-corrected chi connectivity index (χ4v) is 4.13. The molecule has 2 aliphatic heterocycles. The van der Waals surface area contributed by atoms with Crippen molar-refractivity contribution >= 4 is 5.91 Å². The number of carbonyl (C=O) groups is 1. The number of ether oxygens (including phenoxy) is 2. The Bertz CT molecular complexity index is 791. The van der Waals surface area contributed by atoms with E-state index in [4.69, 9.17) is 9.47 Å². The minimum absolute atomic E-state index is 0.0759. The first kappa shape index (κ1) is 20.0. The molecule has 0 saturated carbocycles. The van der Waals surface area contributed by atoms with E-state index in [-0.39, 0.29) is 18.1 Å². The van der Waals surface area contributed by atoms with Crippen molar-refractivity contribution in [3.8, 4) is 0 Å². The smallest absolute Gasteiger partial charge is 0.227 e. The summed E-state index contributed by atoms with van der Waals surface area (Å²) in [4.78, 5) is 21.9. The monoisotopic (exact) mass is 395 g/mol. The number of rotatable bonds is 5. The van der Waals surface area contributed by atoms with Gasteiger partial charge in [0, 0.05) is 38.6 Å². The molecule has 1 amide bonds. The van der Waals surface area contributed by atoms with Crippen molar-refractivity contribution in [3.05, 3.63) is 65.5 Å². The standard InChI is InChI=1S/C23H29N3O3/c1-18-4-6-19(7-5-18)15-22(27)26-11-14-29-21(17-25-9-12-28-13-10-25)23(26)20-3-2-8-24-16-20/h2-8,16,21,23H,9-15,17H2,1H3/t21-,23-/m0/s1. The number of aromatic nitrogens is 1. The molecule has 4 rings (SSSR count). The van der Waals surface area contributed by atoms with Gasteiger partial charge in [0.15, 0.2) is 0 Å². The molecule has 154 valence electrons. The first-order chi connectivity index (χ1) is 14.2. The Kier molecular flexibility index (Phi) is 6.54. The molecule has 1 aromatic heterocycles. The van der Waals surface area contributed by atoms with Gasteiger partial charge in [-0.15, -0.1) is 0 Å². The van der Waals surface area contributed by atoms with Crippen LogP contribution >= 0.6 is 0 Å². The van der Waals surface area contributed by atoms with E-state index in [1.54, 1.807) is 6.20 Å². The van der Waals surface area contributed by atoms with E-state index >= 15 is 0 Å². The lowest BCUT2D eigenvalue weighted by Crippen LogP contribution is -2.53. The van der Waals surface area contributed by atoms with Crippen molar-refractivity contribution in [1.29, 1.82) is 0 Å². The highest BCUT2D eigenvalue weighted by atomic mass is 16.5. The molecule has 0 N–H and O–H groups in total. The Hall–Kier alpha value is -2.28. The molecule has 2 fully saturated rings. The summed E-state index contributed by atoms with van der Waals surface area (Å²) < 4.78 is 11.7. The molecular formula is C23H29N3O3. The second-order valence-corrected chi connectivity index (χ2v) is 7.80. The van der Waals surface area contributed by atoms with Crippen LogP contribution in [-0.4, -0.2) is 72.8 Å². The van der Waals surface area contributed by atoms with Crippen LogP contribution in [0.25, 0.3) is 0 Å². The van der Waals surface area contributed by atoms with Crippen LogP contribution in [0.2, 0.25) is 0 Å². The molecule has 0 unspecified atom stereocenters. The fourth-order valence-electron chi connectivity index (χ4n) is 4.13. The third kappa shape index (κ3) is 5.01. The minimum Gasteiger partial charge on any atom is -0.379 e. The summed E-state index contributed by atoms with van der Waals surface area (Å²) in [6.07, 6.45) is 3.95. The number of morpholine rings is 2. The molecule has 3 heterocycles. The summed E-state index contributed by atoms with van der Waals surface area (Å²) in [6, 6.07) is 12.0. The lowest BCUT2D eigenvalue weighted by molar-refractivity contribution is -0.148. The van der Waals surface area contributed by atoms with Gasteiger partial charge in [-0.25, -0.2) is 0 Å². The van der Waals surface area contributed by atoms with Crippen LogP contribution in [-0.2, 0) is 20.7 Å². The zero-order chi connectivity index (χ0) is 20.1. The maximum atomic E-state index is 13.3. The average Bonchev–Trinajstić information content (AvgIpc) is 2.76. The van der Waals surface area contributed by atoms with Crippen LogP contribution in [0.1, 0.15) is 22.7 Å². The van der Waals surface area contributed by atoms with Crippen molar-refractivity contribution in [2.45, 2.75) is 25.5 Å². The summed E-state index contributed by atoms with van der Waals surface area (Å²) in [5.41, 5.74) is 3.27. The van der Waals surface area contributed by atoms with E-state index < -0.39 is 0 Å². The Labute approximate surface area is 172 Å². The first-order valence-corrected chi connectivity index (χ1v) is 10.4. The van der Waals surface area contributed by atoms with E-state index in [2.05, 4.69) is 28.9 Å². The van der Waals surface area contributed by atoms with Gasteiger partial charge in [0.1, 0.15) is 0 Å². The predicted octanol–water partition coefficient (Wildman–Crippen LogP) is 2.23. The third-order valence-electron chi connectivity index (χ3n) is 5.72. The second kappa shape index (κ2) is 9.48. The Morgan fingerprint density at radius 1 is 1.10 bits per heavy atom. The maximum absolute atomic E-state index is 13.3. The third-order valence-corrected chi connectivity index (χ3v) is 5.72. The van der Waals surface area contributed by atoms with E-state index in [0.29, 0.717) is 19.6 Å². The molecule has 1 aromatic carbocycles. The molecular weight excluding hydrogens is 366 g/mol. The van der Waals surface area contributed by atoms with Crippen LogP contribution in [0.15, 0.2) is 48.8 Å². The zero-order valence-corrected chi connectivity index (χ0v) is 17.0. The molecule has 2 aliphatic rings. The van der Waals surface area contributed by atoms with Gasteiger partial charge >= 0.3 is 0 Å². The van der Waals surface area contributed by atoms with Gasteiger partial charge in [-0.05, 0) is 24.1 Å². The van der Waals surface area contributed by atoms with Crippen molar-refractivity contribution in [1.82, 2.24) is 14.8 Å². The Balaban J connectivity index is 1.54. The summed E-state index contributed by atoms with van der Waals surface area (Å²) >= 11 is 0. The van der Waals surface area contributed by atoms with Crippen molar-refractivity contribution in [3.63, 3.8) is 0 Å². The fraction of sp³-hybridized carbons (Fsp3) is 0.478. The Morgan fingerprint density at radius 3 is 2.62 bits per heavy atom. The molecule has 0 bridgehead atoms. The number of hydrogen-bond donors (Lipinski definition) is 0. The van der Waals surface area contributed by atoms with Gasteiger partial charge in [0.05, 0.1) is 38.4 Å². The van der Waals surface area contributed by atoms with E-state index in [1.165, 1.54) is 5.56 Å². The van der Waals surface area contributed by atoms with Crippen LogP contribution in [0.4, 0.5) is 0 Å². The minimum atomic E-state index is -0.127. The quantitative estimate of drug-likeness (QED) is 0.777. The normalized spacial score (nSPS) is 23.1. The van der Waals surface area contributed by atoms with Crippen molar-refractivity contribution < 1.29 is 14.3 Å². The molecule has 0 radical (unpaired) electrons. The number of hydrogen-bond acceptors (Lipinski definition) is 5. The summed E-state index contributed by atoms with van der Waals surface area (Å²) in [7, 11) is 0. The van der Waals surface area contributed by atoms with Gasteiger partial charge in [0.2, 0.25) is 5.91 Å². The lowest BCUT2D eigenvalue weighted by Gasteiger charge is -2.43. The van der Waals surface area contributed by atoms with Crippen LogP contribution in [0.5, 0.6) is 0 Å². The van der Waals surface area contributed by atoms with E-state index in [0.717, 1.165) is 44.0 Å². The van der Waals surface area contributed by atoms with Gasteiger partial charge in [-0.3, -0.25) is 14.7 Å². The molecule has 2 atom stereocenters. The summed E-state index contributed by atoms with van der Waals surface area (Å²) in [5.74, 6) is 0.137. The second-order valence-electron chi connectivity index (χ2n) is 7.80. The number of amides is 1. The van der Waals surface area contributed by atoms with Crippen molar-refractivity contribution in [2.24, 2.45) is 0 Å². The number of benzene rings is 1. The molecule has 6 nitrogen and oxygen atoms in total. The molecule has 2 saturated heterocycles. The molecule has 29 heavy (non-hydrogen) atoms. The molecule has 0 aliphatic carbocycles. The number of nitrogens with zero attached hydrogens (tertiary/aromatic N) is 3. The molecule has 2 aromatic rings. The maximum Gasteiger partial charge on any atom is 0.227 e. The zero-order valence-electron chi connectivity index (χ0n) is 17.0. The first-order valence-electron chi connectivity index (χ1n) is 10.4. The van der Waals surface area contributed by atoms with Gasteiger partial charge in [-0.1, -0.05) is 35.9 Å². The highest BCUT2D eigenvalue weighted by molar-refractivity contribution is 5.79. The van der Waals surface area contributed by atoms with Crippen LogP contribution in [0.3, 0.4) is 0 Å². The van der Waals surface area contributed by atoms with Gasteiger partial charge in [0.25, 0.3) is 0 Å². The number of carbonyl (C=O) groups excluding carboxylic acids is 1. The van der Waals surface area contributed by atoms with Gasteiger partial charge < -0.3 is 14.4 Å². The topological polar surface area (TPSA) is 54.9 Å².